The van der Waals surface area contributed by atoms with Crippen LogP contribution in [0, 0.1) is 0 Å². The van der Waals surface area contributed by atoms with Crippen molar-refractivity contribution in [2.24, 2.45) is 0 Å². The summed E-state index contributed by atoms with van der Waals surface area (Å²) in [7, 11) is 1.65. The number of hydrogen-bond acceptors (Lipinski definition) is 4. The number of rotatable bonds is 5. The van der Waals surface area contributed by atoms with Gasteiger partial charge in [-0.05, 0) is 17.7 Å². The fourth-order valence-electron chi connectivity index (χ4n) is 2.09. The van der Waals surface area contributed by atoms with Gasteiger partial charge in [0.25, 0.3) is 0 Å². The van der Waals surface area contributed by atoms with Gasteiger partial charge in [0.05, 0.1) is 19.8 Å². The molecule has 5 nitrogen and oxygen atoms in total. The highest BCUT2D eigenvalue weighted by Crippen LogP contribution is 2.12. The number of ether oxygens (including phenoxy) is 2. The summed E-state index contributed by atoms with van der Waals surface area (Å²) in [5.41, 5.74) is 1.84. The first-order chi connectivity index (χ1) is 9.28. The minimum atomic E-state index is -0.00225. The number of carbonyl (C=O) groups excluding carboxylic acids is 1. The SMILES string of the molecule is COCc1cccc(NC(=O)CC2COCCN2)c1. The molecular formula is C14H20N2O3. The number of benzene rings is 1. The minimum absolute atomic E-state index is 0.00225. The van der Waals surface area contributed by atoms with Gasteiger partial charge in [-0.3, -0.25) is 4.79 Å². The molecule has 0 spiro atoms. The molecule has 5 heteroatoms. The number of methoxy groups -OCH3 is 1. The number of carbonyl (C=O) groups is 1. The maximum absolute atomic E-state index is 11.9. The average Bonchev–Trinajstić information content (AvgIpc) is 2.40. The lowest BCUT2D eigenvalue weighted by Gasteiger charge is -2.23. The van der Waals surface area contributed by atoms with Gasteiger partial charge >= 0.3 is 0 Å². The van der Waals surface area contributed by atoms with E-state index in [1.165, 1.54) is 0 Å². The normalized spacial score (nSPS) is 19.1. The molecule has 0 radical (unpaired) electrons. The fourth-order valence-corrected chi connectivity index (χ4v) is 2.09. The van der Waals surface area contributed by atoms with Crippen LogP contribution in [0.1, 0.15) is 12.0 Å². The van der Waals surface area contributed by atoms with E-state index in [-0.39, 0.29) is 11.9 Å². The number of hydrogen-bond donors (Lipinski definition) is 2. The van der Waals surface area contributed by atoms with Crippen LogP contribution in [0.25, 0.3) is 0 Å². The Morgan fingerprint density at radius 1 is 1.58 bits per heavy atom. The Hall–Kier alpha value is -1.43. The summed E-state index contributed by atoms with van der Waals surface area (Å²) in [5, 5.41) is 6.16. The Balaban J connectivity index is 1.85. The third-order valence-corrected chi connectivity index (χ3v) is 2.95. The number of anilines is 1. The maximum atomic E-state index is 11.9. The van der Waals surface area contributed by atoms with E-state index in [1.807, 2.05) is 24.3 Å². The lowest BCUT2D eigenvalue weighted by molar-refractivity contribution is -0.117. The maximum Gasteiger partial charge on any atom is 0.226 e. The predicted octanol–water partition coefficient (Wildman–Crippen LogP) is 1.15. The van der Waals surface area contributed by atoms with E-state index in [1.54, 1.807) is 7.11 Å². The van der Waals surface area contributed by atoms with Crippen molar-refractivity contribution in [1.29, 1.82) is 0 Å². The summed E-state index contributed by atoms with van der Waals surface area (Å²) in [4.78, 5) is 11.9. The summed E-state index contributed by atoms with van der Waals surface area (Å²) >= 11 is 0. The molecule has 19 heavy (non-hydrogen) atoms. The molecule has 1 amide bonds. The Labute approximate surface area is 113 Å². The summed E-state index contributed by atoms with van der Waals surface area (Å²) in [6.07, 6.45) is 0.425. The largest absolute Gasteiger partial charge is 0.380 e. The zero-order chi connectivity index (χ0) is 13.5. The molecule has 0 aliphatic carbocycles. The van der Waals surface area contributed by atoms with Crippen molar-refractivity contribution in [3.05, 3.63) is 29.8 Å². The van der Waals surface area contributed by atoms with Crippen LogP contribution in [0.3, 0.4) is 0 Å². The third-order valence-electron chi connectivity index (χ3n) is 2.95. The molecule has 1 unspecified atom stereocenters. The topological polar surface area (TPSA) is 59.6 Å². The summed E-state index contributed by atoms with van der Waals surface area (Å²) in [5.74, 6) is -0.00225. The lowest BCUT2D eigenvalue weighted by Crippen LogP contribution is -2.43. The Morgan fingerprint density at radius 3 is 3.21 bits per heavy atom. The van der Waals surface area contributed by atoms with Gasteiger partial charge < -0.3 is 20.1 Å². The summed E-state index contributed by atoms with van der Waals surface area (Å²) in [6, 6.07) is 7.78. The molecule has 1 aliphatic rings. The molecule has 0 bridgehead atoms. The van der Waals surface area contributed by atoms with Crippen LogP contribution < -0.4 is 10.6 Å². The highest BCUT2D eigenvalue weighted by molar-refractivity contribution is 5.91. The van der Waals surface area contributed by atoms with Crippen molar-refractivity contribution in [1.82, 2.24) is 5.32 Å². The van der Waals surface area contributed by atoms with E-state index in [4.69, 9.17) is 9.47 Å². The van der Waals surface area contributed by atoms with Crippen molar-refractivity contribution in [3.8, 4) is 0 Å². The second-order valence-corrected chi connectivity index (χ2v) is 4.61. The predicted molar refractivity (Wildman–Crippen MR) is 73.0 cm³/mol. The van der Waals surface area contributed by atoms with Crippen molar-refractivity contribution in [2.75, 3.05) is 32.2 Å². The molecular weight excluding hydrogens is 244 g/mol. The lowest BCUT2D eigenvalue weighted by atomic mass is 10.1. The second kappa shape index (κ2) is 7.23. The van der Waals surface area contributed by atoms with E-state index in [9.17, 15) is 4.79 Å². The van der Waals surface area contributed by atoms with Gasteiger partial charge in [0.15, 0.2) is 0 Å². The average molecular weight is 264 g/mol. The molecule has 1 aromatic rings. The zero-order valence-electron chi connectivity index (χ0n) is 11.1. The van der Waals surface area contributed by atoms with Crippen LogP contribution in [0.5, 0.6) is 0 Å². The van der Waals surface area contributed by atoms with E-state index >= 15 is 0 Å². The van der Waals surface area contributed by atoms with Gasteiger partial charge in [0, 0.05) is 31.8 Å². The van der Waals surface area contributed by atoms with Crippen LogP contribution in [0.15, 0.2) is 24.3 Å². The van der Waals surface area contributed by atoms with Gasteiger partial charge in [0.1, 0.15) is 0 Å². The highest BCUT2D eigenvalue weighted by atomic mass is 16.5. The zero-order valence-corrected chi connectivity index (χ0v) is 11.1. The molecule has 1 aliphatic heterocycles. The standard InChI is InChI=1S/C14H20N2O3/c1-18-9-11-3-2-4-12(7-11)16-14(17)8-13-10-19-6-5-15-13/h2-4,7,13,15H,5-6,8-10H2,1H3,(H,16,17). The molecule has 0 saturated carbocycles. The van der Waals surface area contributed by atoms with E-state index in [2.05, 4.69) is 10.6 Å². The van der Waals surface area contributed by atoms with Crippen LogP contribution in [0.2, 0.25) is 0 Å². The first kappa shape index (κ1) is 14.0. The first-order valence-electron chi connectivity index (χ1n) is 6.47. The molecule has 104 valence electrons. The van der Waals surface area contributed by atoms with Crippen LogP contribution in [-0.2, 0) is 20.9 Å². The summed E-state index contributed by atoms with van der Waals surface area (Å²) < 4.78 is 10.4. The smallest absolute Gasteiger partial charge is 0.226 e. The molecule has 1 fully saturated rings. The molecule has 1 aromatic carbocycles. The number of morpholine rings is 1. The van der Waals surface area contributed by atoms with E-state index in [0.717, 1.165) is 24.4 Å². The second-order valence-electron chi connectivity index (χ2n) is 4.61. The molecule has 1 saturated heterocycles. The highest BCUT2D eigenvalue weighted by Gasteiger charge is 2.16. The van der Waals surface area contributed by atoms with Gasteiger partial charge in [-0.2, -0.15) is 0 Å². The summed E-state index contributed by atoms with van der Waals surface area (Å²) in [6.45, 7) is 2.66. The first-order valence-corrected chi connectivity index (χ1v) is 6.47. The minimum Gasteiger partial charge on any atom is -0.380 e. The van der Waals surface area contributed by atoms with Crippen molar-refractivity contribution in [2.45, 2.75) is 19.1 Å². The van der Waals surface area contributed by atoms with Crippen LogP contribution >= 0.6 is 0 Å². The van der Waals surface area contributed by atoms with Gasteiger partial charge in [-0.15, -0.1) is 0 Å². The Kier molecular flexibility index (Phi) is 5.32. The molecule has 1 heterocycles. The van der Waals surface area contributed by atoms with Crippen molar-refractivity contribution >= 4 is 11.6 Å². The number of amides is 1. The van der Waals surface area contributed by atoms with Crippen LogP contribution in [0.4, 0.5) is 5.69 Å². The Bertz CT molecular complexity index is 417. The Morgan fingerprint density at radius 2 is 2.47 bits per heavy atom. The van der Waals surface area contributed by atoms with Gasteiger partial charge in [-0.1, -0.05) is 12.1 Å². The molecule has 1 atom stereocenters. The molecule has 2 rings (SSSR count). The molecule has 0 aromatic heterocycles. The van der Waals surface area contributed by atoms with E-state index in [0.29, 0.717) is 19.6 Å². The fraction of sp³-hybridized carbons (Fsp3) is 0.500. The van der Waals surface area contributed by atoms with Gasteiger partial charge in [0.2, 0.25) is 5.91 Å². The monoisotopic (exact) mass is 264 g/mol. The quantitative estimate of drug-likeness (QED) is 0.837. The van der Waals surface area contributed by atoms with Crippen molar-refractivity contribution in [3.63, 3.8) is 0 Å². The van der Waals surface area contributed by atoms with Crippen molar-refractivity contribution < 1.29 is 14.3 Å². The number of nitrogens with one attached hydrogen (secondary N) is 2. The molecule has 2 N–H and O–H groups in total. The van der Waals surface area contributed by atoms with E-state index < -0.39 is 0 Å². The van der Waals surface area contributed by atoms with Crippen LogP contribution in [-0.4, -0.2) is 38.8 Å². The van der Waals surface area contributed by atoms with Gasteiger partial charge in [-0.25, -0.2) is 0 Å². The third kappa shape index (κ3) is 4.63.